The van der Waals surface area contributed by atoms with Gasteiger partial charge in [-0.3, -0.25) is 9.20 Å². The molecule has 0 aliphatic heterocycles. The Hall–Kier alpha value is -2.21. The number of hydrogen-bond acceptors (Lipinski definition) is 4. The van der Waals surface area contributed by atoms with Crippen molar-refractivity contribution < 1.29 is 4.39 Å². The molecule has 6 heteroatoms. The van der Waals surface area contributed by atoms with Crippen LogP contribution in [0.1, 0.15) is 44.0 Å². The molecule has 0 aliphatic rings. The summed E-state index contributed by atoms with van der Waals surface area (Å²) in [5.41, 5.74) is 2.48. The maximum Gasteiger partial charge on any atom is 0.259 e. The third-order valence-electron chi connectivity index (χ3n) is 4.38. The minimum Gasteiger partial charge on any atom is -0.366 e. The first-order valence-corrected chi connectivity index (χ1v) is 9.55. The number of aromatic nitrogens is 2. The van der Waals surface area contributed by atoms with E-state index in [9.17, 15) is 9.18 Å². The third-order valence-corrected chi connectivity index (χ3v) is 5.34. The molecule has 0 amide bonds. The van der Waals surface area contributed by atoms with Crippen LogP contribution in [-0.4, -0.2) is 15.9 Å². The summed E-state index contributed by atoms with van der Waals surface area (Å²) in [5, 5.41) is 0. The topological polar surface area (TPSA) is 37.6 Å². The number of fused-ring (bicyclic) bond motifs is 1. The predicted octanol–water partition coefficient (Wildman–Crippen LogP) is 4.53. The first-order valence-electron chi connectivity index (χ1n) is 8.73. The van der Waals surface area contributed by atoms with Crippen LogP contribution < -0.4 is 10.5 Å². The van der Waals surface area contributed by atoms with E-state index in [0.29, 0.717) is 6.54 Å². The average molecular weight is 373 g/mol. The average Bonchev–Trinajstić information content (AvgIpc) is 2.90. The van der Waals surface area contributed by atoms with Crippen molar-refractivity contribution in [3.8, 4) is 0 Å². The highest BCUT2D eigenvalue weighted by Crippen LogP contribution is 2.30. The molecule has 138 valence electrons. The van der Waals surface area contributed by atoms with Crippen molar-refractivity contribution in [3.63, 3.8) is 0 Å². The Balaban J connectivity index is 2.01. The largest absolute Gasteiger partial charge is 0.366 e. The lowest BCUT2D eigenvalue weighted by Gasteiger charge is -2.23. The number of anilines is 1. The Kier molecular flexibility index (Phi) is 4.88. The molecule has 0 spiro atoms. The Morgan fingerprint density at radius 2 is 1.88 bits per heavy atom. The van der Waals surface area contributed by atoms with Gasteiger partial charge in [0.25, 0.3) is 5.56 Å². The van der Waals surface area contributed by atoms with Gasteiger partial charge >= 0.3 is 0 Å². The second-order valence-corrected chi connectivity index (χ2v) is 8.63. The van der Waals surface area contributed by atoms with Crippen molar-refractivity contribution in [2.24, 2.45) is 0 Å². The van der Waals surface area contributed by atoms with Crippen LogP contribution in [-0.2, 0) is 12.0 Å². The molecule has 2 heterocycles. The second-order valence-electron chi connectivity index (χ2n) is 7.45. The highest BCUT2D eigenvalue weighted by molar-refractivity contribution is 7.17. The molecule has 0 unspecified atom stereocenters. The van der Waals surface area contributed by atoms with E-state index in [1.165, 1.54) is 12.1 Å². The number of benzene rings is 1. The van der Waals surface area contributed by atoms with Gasteiger partial charge in [-0.1, -0.05) is 20.8 Å². The molecular formula is C20H24FN3OS. The molecule has 3 aromatic rings. The van der Waals surface area contributed by atoms with Gasteiger partial charge in [0, 0.05) is 34.3 Å². The van der Waals surface area contributed by atoms with Crippen molar-refractivity contribution in [2.45, 2.75) is 46.6 Å². The minimum absolute atomic E-state index is 0.0468. The summed E-state index contributed by atoms with van der Waals surface area (Å²) >= 11 is 1.55. The summed E-state index contributed by atoms with van der Waals surface area (Å²) in [6.45, 7) is 11.6. The second kappa shape index (κ2) is 6.83. The van der Waals surface area contributed by atoms with Crippen LogP contribution in [0.15, 0.2) is 35.1 Å². The lowest BCUT2D eigenvalue weighted by molar-refractivity contribution is 0.556. The molecule has 0 saturated carbocycles. The lowest BCUT2D eigenvalue weighted by atomic mass is 9.91. The van der Waals surface area contributed by atoms with Crippen molar-refractivity contribution in [1.82, 2.24) is 9.38 Å². The van der Waals surface area contributed by atoms with E-state index in [1.807, 2.05) is 13.8 Å². The van der Waals surface area contributed by atoms with Crippen LogP contribution in [0.25, 0.3) is 4.96 Å². The molecule has 3 rings (SSSR count). The SMILES string of the molecule is CCN(Cc1cc(=O)n2c(C(C)(C)C)c(C)sc2n1)c1ccc(F)cc1. The Morgan fingerprint density at radius 3 is 2.46 bits per heavy atom. The number of rotatable bonds is 4. The molecule has 0 aliphatic carbocycles. The first-order chi connectivity index (χ1) is 12.2. The van der Waals surface area contributed by atoms with Crippen LogP contribution in [0, 0.1) is 12.7 Å². The van der Waals surface area contributed by atoms with Gasteiger partial charge in [-0.15, -0.1) is 11.3 Å². The molecular weight excluding hydrogens is 349 g/mol. The summed E-state index contributed by atoms with van der Waals surface area (Å²) in [5.74, 6) is -0.258. The molecule has 26 heavy (non-hydrogen) atoms. The van der Waals surface area contributed by atoms with Crippen LogP contribution in [0.2, 0.25) is 0 Å². The summed E-state index contributed by atoms with van der Waals surface area (Å²) in [7, 11) is 0. The van der Waals surface area contributed by atoms with E-state index in [4.69, 9.17) is 4.98 Å². The van der Waals surface area contributed by atoms with Crippen molar-refractivity contribution in [1.29, 1.82) is 0 Å². The molecule has 0 saturated heterocycles. The zero-order chi connectivity index (χ0) is 19.1. The third kappa shape index (κ3) is 3.51. The van der Waals surface area contributed by atoms with Gasteiger partial charge in [0.2, 0.25) is 0 Å². The van der Waals surface area contributed by atoms with Gasteiger partial charge in [-0.25, -0.2) is 9.37 Å². The van der Waals surface area contributed by atoms with Gasteiger partial charge < -0.3 is 4.90 Å². The predicted molar refractivity (Wildman–Crippen MR) is 106 cm³/mol. The van der Waals surface area contributed by atoms with E-state index in [2.05, 4.69) is 25.7 Å². The zero-order valence-corrected chi connectivity index (χ0v) is 16.7. The van der Waals surface area contributed by atoms with Gasteiger partial charge in [0.1, 0.15) is 5.82 Å². The monoisotopic (exact) mass is 373 g/mol. The van der Waals surface area contributed by atoms with Crippen LogP contribution in [0.4, 0.5) is 10.1 Å². The van der Waals surface area contributed by atoms with Crippen LogP contribution in [0.5, 0.6) is 0 Å². The highest BCUT2D eigenvalue weighted by Gasteiger charge is 2.24. The molecule has 0 fully saturated rings. The molecule has 1 aromatic carbocycles. The standard InChI is InChI=1S/C20H24FN3OS/c1-6-23(16-9-7-14(21)8-10-16)12-15-11-17(25)24-18(20(3,4)5)13(2)26-19(24)22-15/h7-11H,6,12H2,1-5H3. The molecule has 4 nitrogen and oxygen atoms in total. The summed E-state index contributed by atoms with van der Waals surface area (Å²) in [6, 6.07) is 8.00. The number of aryl methyl sites for hydroxylation is 1. The summed E-state index contributed by atoms with van der Waals surface area (Å²) < 4.78 is 14.9. The minimum atomic E-state index is -0.258. The van der Waals surface area contributed by atoms with Gasteiger partial charge in [0.05, 0.1) is 12.2 Å². The molecule has 0 radical (unpaired) electrons. The first kappa shape index (κ1) is 18.6. The molecule has 0 bridgehead atoms. The van der Waals surface area contributed by atoms with Crippen molar-refractivity contribution >= 4 is 22.0 Å². The quantitative estimate of drug-likeness (QED) is 0.674. The Labute approximate surface area is 156 Å². The molecule has 0 N–H and O–H groups in total. The number of nitrogens with zero attached hydrogens (tertiary/aromatic N) is 3. The number of hydrogen-bond donors (Lipinski definition) is 0. The lowest BCUT2D eigenvalue weighted by Crippen LogP contribution is -2.27. The van der Waals surface area contributed by atoms with E-state index in [1.54, 1.807) is 33.9 Å². The highest BCUT2D eigenvalue weighted by atomic mass is 32.1. The van der Waals surface area contributed by atoms with Crippen LogP contribution in [0.3, 0.4) is 0 Å². The van der Waals surface area contributed by atoms with Crippen molar-refractivity contribution in [2.75, 3.05) is 11.4 Å². The molecule has 2 aromatic heterocycles. The van der Waals surface area contributed by atoms with Crippen LogP contribution >= 0.6 is 11.3 Å². The van der Waals surface area contributed by atoms with E-state index >= 15 is 0 Å². The molecule has 0 atom stereocenters. The fourth-order valence-electron chi connectivity index (χ4n) is 3.30. The zero-order valence-electron chi connectivity index (χ0n) is 15.8. The van der Waals surface area contributed by atoms with E-state index < -0.39 is 0 Å². The van der Waals surface area contributed by atoms with Crippen molar-refractivity contribution in [3.05, 3.63) is 62.8 Å². The van der Waals surface area contributed by atoms with E-state index in [0.717, 1.165) is 33.5 Å². The number of thiazole rings is 1. The smallest absolute Gasteiger partial charge is 0.259 e. The Morgan fingerprint density at radius 1 is 1.23 bits per heavy atom. The van der Waals surface area contributed by atoms with Gasteiger partial charge in [-0.05, 0) is 38.1 Å². The maximum absolute atomic E-state index is 13.2. The number of halogens is 1. The normalized spacial score (nSPS) is 11.9. The van der Waals surface area contributed by atoms with Gasteiger partial charge in [-0.2, -0.15) is 0 Å². The Bertz CT molecular complexity index is 983. The van der Waals surface area contributed by atoms with E-state index in [-0.39, 0.29) is 16.8 Å². The maximum atomic E-state index is 13.2. The summed E-state index contributed by atoms with van der Waals surface area (Å²) in [6.07, 6.45) is 0. The summed E-state index contributed by atoms with van der Waals surface area (Å²) in [4.78, 5) is 21.4. The fourth-order valence-corrected chi connectivity index (χ4v) is 4.50. The van der Waals surface area contributed by atoms with Gasteiger partial charge in [0.15, 0.2) is 4.96 Å². The fraction of sp³-hybridized carbons (Fsp3) is 0.400.